The minimum Gasteiger partial charge on any atom is -1.00 e. The summed E-state index contributed by atoms with van der Waals surface area (Å²) in [7, 11) is -4.64. The minimum absolute atomic E-state index is 0. The van der Waals surface area contributed by atoms with Crippen molar-refractivity contribution < 1.29 is 38.5 Å². The first-order valence-corrected chi connectivity index (χ1v) is 2.35. The van der Waals surface area contributed by atoms with Crippen LogP contribution in [0.5, 0.6) is 0 Å². The molecule has 9 heteroatoms. The second-order valence-corrected chi connectivity index (χ2v) is 1.54. The Morgan fingerprint density at radius 2 is 1.00 bits per heavy atom. The maximum atomic E-state index is 8.88. The smallest absolute Gasteiger partial charge is 1.00 e. The molecular weight excluding hydrogens is 183 g/mol. The maximum Gasteiger partial charge on any atom is 2.00 e. The van der Waals surface area contributed by atoms with Crippen LogP contribution in [0, 0.1) is 0 Å². The van der Waals surface area contributed by atoms with E-state index in [1.165, 1.54) is 0 Å². The number of phosphoric acid groups is 1. The monoisotopic (exact) mass is 194 g/mol. The van der Waals surface area contributed by atoms with Crippen LogP contribution < -0.4 is 0 Å². The second-order valence-electron chi connectivity index (χ2n) is 0.513. The molecule has 0 fully saturated rings. The van der Waals surface area contributed by atoms with Crippen molar-refractivity contribution in [1.29, 1.82) is 0 Å². The molecule has 0 aliphatic heterocycles. The third-order valence-electron chi connectivity index (χ3n) is 0. The number of hydrogen-bond acceptors (Lipinski definition) is 1. The summed E-state index contributed by atoms with van der Waals surface area (Å²) in [6, 6.07) is 0. The Balaban J connectivity index is -0.00000000533. The molecule has 7 nitrogen and oxygen atoms in total. The zero-order chi connectivity index (χ0) is 4.50. The van der Waals surface area contributed by atoms with Gasteiger partial charge in [-0.3, -0.25) is 0 Å². The summed E-state index contributed by atoms with van der Waals surface area (Å²) in [5, 5.41) is 0. The summed E-state index contributed by atoms with van der Waals surface area (Å²) >= 11 is 0. The van der Waals surface area contributed by atoms with Crippen molar-refractivity contribution in [2.24, 2.45) is 0 Å². The predicted octanol–water partition coefficient (Wildman–Crippen LogP) is -3.56. The van der Waals surface area contributed by atoms with Crippen LogP contribution in [0.15, 0.2) is 0 Å². The zero-order valence-electron chi connectivity index (χ0n) is 6.40. The molecule has 0 aromatic heterocycles. The summed E-state index contributed by atoms with van der Waals surface area (Å²) in [4.78, 5) is 21.6. The molecule has 0 saturated carbocycles. The van der Waals surface area contributed by atoms with Crippen LogP contribution in [0.1, 0.15) is 2.85 Å². The van der Waals surface area contributed by atoms with E-state index >= 15 is 0 Å². The topological polar surface area (TPSA) is 172 Å². The SMILES string of the molecule is O.O.O.O=P(O)(O)O.[Ca+2].[H-].[H-]. The molecule has 0 amide bonds. The van der Waals surface area contributed by atoms with E-state index in [4.69, 9.17) is 19.2 Å². The summed E-state index contributed by atoms with van der Waals surface area (Å²) in [6.07, 6.45) is 0. The quantitative estimate of drug-likeness (QED) is 0.267. The first kappa shape index (κ1) is 31.8. The van der Waals surface area contributed by atoms with Gasteiger partial charge in [0.1, 0.15) is 0 Å². The Kier molecular flexibility index (Phi) is 42.3. The van der Waals surface area contributed by atoms with Crippen molar-refractivity contribution in [1.82, 2.24) is 0 Å². The van der Waals surface area contributed by atoms with Crippen LogP contribution in [0.25, 0.3) is 0 Å². The van der Waals surface area contributed by atoms with Gasteiger partial charge >= 0.3 is 45.6 Å². The van der Waals surface area contributed by atoms with Gasteiger partial charge in [0.25, 0.3) is 0 Å². The average molecular weight is 194 g/mol. The molecule has 0 radical (unpaired) electrons. The van der Waals surface area contributed by atoms with Gasteiger partial charge in [0, 0.05) is 0 Å². The number of rotatable bonds is 0. The Morgan fingerprint density at radius 3 is 1.00 bits per heavy atom. The van der Waals surface area contributed by atoms with Gasteiger partial charge < -0.3 is 34.0 Å². The molecular formula is H11CaO7P. The number of hydrogen-bond donors (Lipinski definition) is 3. The van der Waals surface area contributed by atoms with Gasteiger partial charge in [0.2, 0.25) is 0 Å². The zero-order valence-corrected chi connectivity index (χ0v) is 7.51. The Labute approximate surface area is 83.8 Å². The predicted molar refractivity (Wildman–Crippen MR) is 33.1 cm³/mol. The van der Waals surface area contributed by atoms with E-state index in [9.17, 15) is 0 Å². The van der Waals surface area contributed by atoms with Gasteiger partial charge in [-0.1, -0.05) is 0 Å². The molecule has 0 heterocycles. The van der Waals surface area contributed by atoms with Crippen molar-refractivity contribution in [3.05, 3.63) is 0 Å². The van der Waals surface area contributed by atoms with Gasteiger partial charge in [-0.15, -0.1) is 0 Å². The molecule has 0 atom stereocenters. The summed E-state index contributed by atoms with van der Waals surface area (Å²) in [5.74, 6) is 0. The molecule has 0 aliphatic rings. The van der Waals surface area contributed by atoms with Crippen LogP contribution in [-0.2, 0) is 4.57 Å². The molecule has 9 N–H and O–H groups in total. The molecule has 0 aliphatic carbocycles. The van der Waals surface area contributed by atoms with Crippen LogP contribution in [0.4, 0.5) is 0 Å². The van der Waals surface area contributed by atoms with E-state index in [0.717, 1.165) is 0 Å². The van der Waals surface area contributed by atoms with E-state index in [-0.39, 0.29) is 57.0 Å². The third kappa shape index (κ3) is 311. The van der Waals surface area contributed by atoms with Crippen molar-refractivity contribution in [3.63, 3.8) is 0 Å². The summed E-state index contributed by atoms with van der Waals surface area (Å²) < 4.78 is 8.88. The Bertz CT molecular complexity index is 62.6. The molecule has 0 rings (SSSR count). The van der Waals surface area contributed by atoms with E-state index in [2.05, 4.69) is 0 Å². The Hall–Kier alpha value is 1.25. The third-order valence-corrected chi connectivity index (χ3v) is 0. The van der Waals surface area contributed by atoms with Gasteiger partial charge in [-0.25, -0.2) is 4.57 Å². The van der Waals surface area contributed by atoms with Crippen LogP contribution >= 0.6 is 7.82 Å². The van der Waals surface area contributed by atoms with E-state index in [1.54, 1.807) is 0 Å². The Morgan fingerprint density at radius 1 is 1.00 bits per heavy atom. The molecule has 9 heavy (non-hydrogen) atoms. The molecule has 60 valence electrons. The standard InChI is InChI=1S/Ca.H3O4P.3H2O.2H/c;1-5(2,3)4;;;;;/h;(H3,1,2,3,4);3*1H2;;/q+2;;;;;2*-1. The van der Waals surface area contributed by atoms with Crippen LogP contribution in [-0.4, -0.2) is 68.8 Å². The molecule has 0 aromatic carbocycles. The van der Waals surface area contributed by atoms with Crippen LogP contribution in [0.3, 0.4) is 0 Å². The van der Waals surface area contributed by atoms with Crippen molar-refractivity contribution >= 4 is 45.6 Å². The minimum atomic E-state index is -4.64. The van der Waals surface area contributed by atoms with Gasteiger partial charge in [0.15, 0.2) is 0 Å². The normalized spacial score (nSPS) is 6.56. The fraction of sp³-hybridized carbons (Fsp3) is 0. The second kappa shape index (κ2) is 12.0. The molecule has 0 saturated heterocycles. The summed E-state index contributed by atoms with van der Waals surface area (Å²) in [5.41, 5.74) is 0. The van der Waals surface area contributed by atoms with E-state index in [1.807, 2.05) is 0 Å². The van der Waals surface area contributed by atoms with Gasteiger partial charge in [-0.05, 0) is 0 Å². The van der Waals surface area contributed by atoms with Gasteiger partial charge in [0.05, 0.1) is 0 Å². The molecule has 0 bridgehead atoms. The summed E-state index contributed by atoms with van der Waals surface area (Å²) in [6.45, 7) is 0. The van der Waals surface area contributed by atoms with E-state index < -0.39 is 7.82 Å². The first-order valence-electron chi connectivity index (χ1n) is 0.783. The van der Waals surface area contributed by atoms with Crippen molar-refractivity contribution in [3.8, 4) is 0 Å². The largest absolute Gasteiger partial charge is 2.00 e. The molecule has 0 unspecified atom stereocenters. The van der Waals surface area contributed by atoms with Crippen molar-refractivity contribution in [2.45, 2.75) is 0 Å². The fourth-order valence-electron chi connectivity index (χ4n) is 0. The first-order chi connectivity index (χ1) is 2.00. The fourth-order valence-corrected chi connectivity index (χ4v) is 0. The van der Waals surface area contributed by atoms with Crippen LogP contribution in [0.2, 0.25) is 0 Å². The average Bonchev–Trinajstić information content (AvgIpc) is 0.722. The molecule has 0 aromatic rings. The maximum absolute atomic E-state index is 8.88. The van der Waals surface area contributed by atoms with E-state index in [0.29, 0.717) is 0 Å². The van der Waals surface area contributed by atoms with Gasteiger partial charge in [-0.2, -0.15) is 0 Å². The van der Waals surface area contributed by atoms with Crippen molar-refractivity contribution in [2.75, 3.05) is 0 Å². The molecule has 0 spiro atoms.